The molecule has 130 valence electrons. The smallest absolute Gasteiger partial charge is 0.293 e. The van der Waals surface area contributed by atoms with Crippen molar-refractivity contribution in [2.24, 2.45) is 0 Å². The van der Waals surface area contributed by atoms with Crippen LogP contribution in [0.15, 0.2) is 24.3 Å². The molecule has 0 N–H and O–H groups in total. The Hall–Kier alpha value is -2.90. The van der Waals surface area contributed by atoms with Crippen LogP contribution in [0.25, 0.3) is 5.78 Å². The number of hydrogen-bond acceptors (Lipinski definition) is 4. The summed E-state index contributed by atoms with van der Waals surface area (Å²) in [4.78, 5) is 22.5. The molecule has 1 atom stereocenters. The van der Waals surface area contributed by atoms with Crippen LogP contribution in [0.5, 0.6) is 0 Å². The molecule has 2 aromatic heterocycles. The lowest BCUT2D eigenvalue weighted by Gasteiger charge is -2.24. The summed E-state index contributed by atoms with van der Waals surface area (Å²) in [6, 6.07) is 4.92. The van der Waals surface area contributed by atoms with Crippen LogP contribution in [0.4, 0.5) is 8.78 Å². The first-order valence-electron chi connectivity index (χ1n) is 7.71. The minimum absolute atomic E-state index is 0.00173. The normalized spacial score (nSPS) is 12.4. The predicted octanol–water partition coefficient (Wildman–Crippen LogP) is 2.85. The molecule has 0 fully saturated rings. The van der Waals surface area contributed by atoms with Crippen LogP contribution in [-0.2, 0) is 0 Å². The lowest BCUT2D eigenvalue weighted by atomic mass is 10.1. The molecular weight excluding hydrogens is 328 g/mol. The summed E-state index contributed by atoms with van der Waals surface area (Å²) in [6.07, 6.45) is 0. The van der Waals surface area contributed by atoms with E-state index in [4.69, 9.17) is 0 Å². The van der Waals surface area contributed by atoms with E-state index in [0.29, 0.717) is 11.3 Å². The molecule has 8 heteroatoms. The third kappa shape index (κ3) is 3.07. The van der Waals surface area contributed by atoms with E-state index in [1.54, 1.807) is 14.0 Å². The summed E-state index contributed by atoms with van der Waals surface area (Å²) in [5, 5.41) is 4.20. The summed E-state index contributed by atoms with van der Waals surface area (Å²) in [5.74, 6) is -1.97. The maximum atomic E-state index is 13.4. The molecule has 0 saturated carbocycles. The number of carbonyl (C=O) groups is 1. The van der Waals surface area contributed by atoms with Crippen molar-refractivity contribution in [2.45, 2.75) is 26.8 Å². The third-order valence-electron chi connectivity index (χ3n) is 4.14. The summed E-state index contributed by atoms with van der Waals surface area (Å²) in [7, 11) is 1.56. The zero-order valence-corrected chi connectivity index (χ0v) is 14.3. The summed E-state index contributed by atoms with van der Waals surface area (Å²) < 4.78 is 28.0. The fourth-order valence-corrected chi connectivity index (χ4v) is 2.59. The van der Waals surface area contributed by atoms with Gasteiger partial charge < -0.3 is 4.90 Å². The Morgan fingerprint density at radius 2 is 1.88 bits per heavy atom. The van der Waals surface area contributed by atoms with Crippen LogP contribution in [0.1, 0.15) is 40.5 Å². The van der Waals surface area contributed by atoms with E-state index in [9.17, 15) is 13.6 Å². The molecule has 0 bridgehead atoms. The summed E-state index contributed by atoms with van der Waals surface area (Å²) in [5.41, 5.74) is 2.06. The Kier molecular flexibility index (Phi) is 4.20. The van der Waals surface area contributed by atoms with Crippen molar-refractivity contribution in [2.75, 3.05) is 7.05 Å². The van der Waals surface area contributed by atoms with Crippen molar-refractivity contribution >= 4 is 11.7 Å². The van der Waals surface area contributed by atoms with Gasteiger partial charge in [-0.15, -0.1) is 5.10 Å². The van der Waals surface area contributed by atoms with Crippen LogP contribution in [0.2, 0.25) is 0 Å². The SMILES string of the molecule is Cc1cc(C)n2nc(C(=O)N(C)C(C)c3ccc(F)c(F)c3)nc2n1. The topological polar surface area (TPSA) is 63.4 Å². The Morgan fingerprint density at radius 3 is 2.56 bits per heavy atom. The number of hydrogen-bond donors (Lipinski definition) is 0. The maximum absolute atomic E-state index is 13.4. The van der Waals surface area contributed by atoms with Gasteiger partial charge in [-0.2, -0.15) is 4.98 Å². The molecule has 1 unspecified atom stereocenters. The number of rotatable bonds is 3. The van der Waals surface area contributed by atoms with Crippen LogP contribution in [0.3, 0.4) is 0 Å². The van der Waals surface area contributed by atoms with Crippen LogP contribution in [-0.4, -0.2) is 37.4 Å². The Labute approximate surface area is 143 Å². The Bertz CT molecular complexity index is 969. The monoisotopic (exact) mass is 345 g/mol. The van der Waals surface area contributed by atoms with Crippen molar-refractivity contribution in [1.29, 1.82) is 0 Å². The molecule has 6 nitrogen and oxygen atoms in total. The van der Waals surface area contributed by atoms with Crippen LogP contribution < -0.4 is 0 Å². The molecule has 0 aliphatic rings. The molecule has 1 amide bonds. The van der Waals surface area contributed by atoms with Crippen molar-refractivity contribution in [3.05, 3.63) is 58.7 Å². The molecule has 2 heterocycles. The Balaban J connectivity index is 1.91. The van der Waals surface area contributed by atoms with Gasteiger partial charge in [-0.3, -0.25) is 4.79 Å². The first-order valence-corrected chi connectivity index (χ1v) is 7.71. The second kappa shape index (κ2) is 6.19. The van der Waals surface area contributed by atoms with Gasteiger partial charge in [0.1, 0.15) is 0 Å². The average Bonchev–Trinajstić information content (AvgIpc) is 2.99. The molecule has 0 radical (unpaired) electrons. The molecule has 3 aromatic rings. The fourth-order valence-electron chi connectivity index (χ4n) is 2.59. The summed E-state index contributed by atoms with van der Waals surface area (Å²) in [6.45, 7) is 5.40. The van der Waals surface area contributed by atoms with E-state index >= 15 is 0 Å². The second-order valence-corrected chi connectivity index (χ2v) is 5.95. The van der Waals surface area contributed by atoms with Gasteiger partial charge in [0, 0.05) is 18.4 Å². The minimum atomic E-state index is -0.952. The number of halogens is 2. The second-order valence-electron chi connectivity index (χ2n) is 5.95. The van der Waals surface area contributed by atoms with Crippen LogP contribution in [0, 0.1) is 25.5 Å². The van der Waals surface area contributed by atoms with Gasteiger partial charge in [-0.1, -0.05) is 6.07 Å². The maximum Gasteiger partial charge on any atom is 0.293 e. The van der Waals surface area contributed by atoms with Gasteiger partial charge in [0.2, 0.25) is 5.82 Å². The predicted molar refractivity (Wildman–Crippen MR) is 87.1 cm³/mol. The van der Waals surface area contributed by atoms with Gasteiger partial charge in [0.15, 0.2) is 11.6 Å². The quantitative estimate of drug-likeness (QED) is 0.732. The number of aryl methyl sites for hydroxylation is 2. The lowest BCUT2D eigenvalue weighted by molar-refractivity contribution is 0.0730. The highest BCUT2D eigenvalue weighted by Gasteiger charge is 2.24. The zero-order valence-electron chi connectivity index (χ0n) is 14.3. The first kappa shape index (κ1) is 16.9. The van der Waals surface area contributed by atoms with Crippen molar-refractivity contribution in [1.82, 2.24) is 24.5 Å². The molecule has 0 spiro atoms. The molecule has 0 aliphatic carbocycles. The molecular formula is C17H17F2N5O. The van der Waals surface area contributed by atoms with E-state index in [2.05, 4.69) is 15.1 Å². The lowest BCUT2D eigenvalue weighted by Crippen LogP contribution is -2.30. The van der Waals surface area contributed by atoms with E-state index in [0.717, 1.165) is 23.5 Å². The van der Waals surface area contributed by atoms with Gasteiger partial charge in [0.25, 0.3) is 11.7 Å². The van der Waals surface area contributed by atoms with Gasteiger partial charge in [-0.25, -0.2) is 18.3 Å². The minimum Gasteiger partial charge on any atom is -0.332 e. The Morgan fingerprint density at radius 1 is 1.16 bits per heavy atom. The van der Waals surface area contributed by atoms with Crippen molar-refractivity contribution < 1.29 is 13.6 Å². The number of carbonyl (C=O) groups excluding carboxylic acids is 1. The van der Waals surface area contributed by atoms with E-state index in [-0.39, 0.29) is 5.82 Å². The highest BCUT2D eigenvalue weighted by atomic mass is 19.2. The molecule has 3 rings (SSSR count). The molecule has 25 heavy (non-hydrogen) atoms. The van der Waals surface area contributed by atoms with Gasteiger partial charge in [-0.05, 0) is 44.5 Å². The molecule has 0 saturated heterocycles. The van der Waals surface area contributed by atoms with E-state index < -0.39 is 23.6 Å². The highest BCUT2D eigenvalue weighted by molar-refractivity contribution is 5.91. The van der Waals surface area contributed by atoms with Gasteiger partial charge >= 0.3 is 0 Å². The molecule has 0 aliphatic heterocycles. The average molecular weight is 345 g/mol. The van der Waals surface area contributed by atoms with Crippen LogP contribution >= 0.6 is 0 Å². The third-order valence-corrected chi connectivity index (χ3v) is 4.14. The number of fused-ring (bicyclic) bond motifs is 1. The first-order chi connectivity index (χ1) is 11.8. The fraction of sp³-hybridized carbons (Fsp3) is 0.294. The zero-order chi connectivity index (χ0) is 18.3. The number of benzene rings is 1. The largest absolute Gasteiger partial charge is 0.332 e. The standard InChI is InChI=1S/C17H17F2N5O/c1-9-7-10(2)24-17(20-9)21-15(22-24)16(25)23(4)11(3)12-5-6-13(18)14(19)8-12/h5-8,11H,1-4H3. The number of aromatic nitrogens is 4. The van der Waals surface area contributed by atoms with Gasteiger partial charge in [0.05, 0.1) is 6.04 Å². The van der Waals surface area contributed by atoms with E-state index in [1.165, 1.54) is 15.5 Å². The van der Waals surface area contributed by atoms with Crippen molar-refractivity contribution in [3.8, 4) is 0 Å². The highest BCUT2D eigenvalue weighted by Crippen LogP contribution is 2.22. The van der Waals surface area contributed by atoms with Crippen molar-refractivity contribution in [3.63, 3.8) is 0 Å². The number of nitrogens with zero attached hydrogens (tertiary/aromatic N) is 5. The summed E-state index contributed by atoms with van der Waals surface area (Å²) >= 11 is 0. The van der Waals surface area contributed by atoms with E-state index in [1.807, 2.05) is 19.9 Å². The molecule has 1 aromatic carbocycles. The number of amides is 1.